The fraction of sp³-hybridized carbons (Fsp3) is 0.533. The number of fused-ring (bicyclic) bond motifs is 1. The van der Waals surface area contributed by atoms with E-state index in [2.05, 4.69) is 11.8 Å². The normalized spacial score (nSPS) is 30.9. The molecule has 2 fully saturated rings. The summed E-state index contributed by atoms with van der Waals surface area (Å²) in [5.74, 6) is 2.02. The minimum Gasteiger partial charge on any atom is -0.339 e. The van der Waals surface area contributed by atoms with E-state index in [0.29, 0.717) is 18.4 Å². The quantitative estimate of drug-likeness (QED) is 0.763. The second-order valence-corrected chi connectivity index (χ2v) is 5.44. The molecule has 3 rings (SSSR count). The van der Waals surface area contributed by atoms with Gasteiger partial charge in [-0.3, -0.25) is 4.79 Å². The van der Waals surface area contributed by atoms with Crippen molar-refractivity contribution in [3.05, 3.63) is 35.9 Å². The first-order valence-electron chi connectivity index (χ1n) is 6.59. The highest BCUT2D eigenvalue weighted by Crippen LogP contribution is 2.48. The Morgan fingerprint density at radius 1 is 1.35 bits per heavy atom. The molecule has 3 atom stereocenters. The molecule has 0 aromatic heterocycles. The summed E-state index contributed by atoms with van der Waals surface area (Å²) in [5.41, 5.74) is 1.13. The van der Waals surface area contributed by atoms with Crippen LogP contribution in [0.5, 0.6) is 0 Å². The van der Waals surface area contributed by atoms with Gasteiger partial charge in [0.25, 0.3) is 0 Å². The fourth-order valence-electron chi connectivity index (χ4n) is 3.16. The maximum absolute atomic E-state index is 12.3. The molecule has 2 heteroatoms. The molecule has 2 nitrogen and oxygen atoms in total. The van der Waals surface area contributed by atoms with Crippen molar-refractivity contribution in [2.45, 2.75) is 32.2 Å². The van der Waals surface area contributed by atoms with Crippen molar-refractivity contribution in [3.63, 3.8) is 0 Å². The van der Waals surface area contributed by atoms with E-state index >= 15 is 0 Å². The number of benzene rings is 1. The molecule has 1 aliphatic carbocycles. The molecule has 2 unspecified atom stereocenters. The first kappa shape index (κ1) is 10.8. The van der Waals surface area contributed by atoms with Crippen molar-refractivity contribution in [2.75, 3.05) is 6.54 Å². The minimum atomic E-state index is 0.300. The van der Waals surface area contributed by atoms with Crippen molar-refractivity contribution in [2.24, 2.45) is 11.8 Å². The topological polar surface area (TPSA) is 20.3 Å². The van der Waals surface area contributed by atoms with Crippen LogP contribution in [0.15, 0.2) is 30.3 Å². The molecule has 1 saturated carbocycles. The molecule has 0 radical (unpaired) electrons. The Bertz CT molecular complexity index is 414. The number of hydrogen-bond acceptors (Lipinski definition) is 1. The zero-order valence-electron chi connectivity index (χ0n) is 10.3. The smallest absolute Gasteiger partial charge is 0.227 e. The lowest BCUT2D eigenvalue weighted by molar-refractivity contribution is -0.134. The number of nitrogens with zero attached hydrogens (tertiary/aromatic N) is 1. The highest BCUT2D eigenvalue weighted by atomic mass is 16.2. The van der Waals surface area contributed by atoms with E-state index < -0.39 is 0 Å². The number of rotatable bonds is 2. The highest BCUT2D eigenvalue weighted by Gasteiger charge is 2.47. The molecule has 1 aliphatic heterocycles. The van der Waals surface area contributed by atoms with E-state index in [0.717, 1.165) is 23.9 Å². The molecular weight excluding hydrogens is 210 g/mol. The first-order valence-corrected chi connectivity index (χ1v) is 6.59. The van der Waals surface area contributed by atoms with Gasteiger partial charge in [-0.25, -0.2) is 0 Å². The van der Waals surface area contributed by atoms with Crippen LogP contribution in [0.2, 0.25) is 0 Å². The zero-order valence-corrected chi connectivity index (χ0v) is 10.3. The SMILES string of the molecule is CC1[C@@H]2CC2CCN1C(=O)Cc1ccccc1. The molecule has 0 N–H and O–H groups in total. The largest absolute Gasteiger partial charge is 0.339 e. The third-order valence-electron chi connectivity index (χ3n) is 4.35. The Morgan fingerprint density at radius 2 is 2.12 bits per heavy atom. The Balaban J connectivity index is 1.66. The Kier molecular flexibility index (Phi) is 2.65. The van der Waals surface area contributed by atoms with E-state index in [9.17, 15) is 4.79 Å². The van der Waals surface area contributed by atoms with Gasteiger partial charge in [-0.15, -0.1) is 0 Å². The molecule has 1 heterocycles. The van der Waals surface area contributed by atoms with Crippen LogP contribution < -0.4 is 0 Å². The molecule has 2 aliphatic rings. The minimum absolute atomic E-state index is 0.300. The van der Waals surface area contributed by atoms with Crippen LogP contribution in [-0.2, 0) is 11.2 Å². The fourth-order valence-corrected chi connectivity index (χ4v) is 3.16. The van der Waals surface area contributed by atoms with Gasteiger partial charge in [0.2, 0.25) is 5.91 Å². The predicted molar refractivity (Wildman–Crippen MR) is 67.5 cm³/mol. The predicted octanol–water partition coefficient (Wildman–Crippen LogP) is 2.49. The summed E-state index contributed by atoms with van der Waals surface area (Å²) in [4.78, 5) is 14.4. The molecule has 1 aromatic rings. The van der Waals surface area contributed by atoms with Gasteiger partial charge in [0.1, 0.15) is 0 Å². The van der Waals surface area contributed by atoms with Gasteiger partial charge < -0.3 is 4.90 Å². The Morgan fingerprint density at radius 3 is 2.88 bits per heavy atom. The molecule has 90 valence electrons. The molecule has 0 bridgehead atoms. The van der Waals surface area contributed by atoms with Crippen LogP contribution in [0.3, 0.4) is 0 Å². The average molecular weight is 229 g/mol. The van der Waals surface area contributed by atoms with Gasteiger partial charge in [-0.05, 0) is 37.2 Å². The van der Waals surface area contributed by atoms with E-state index in [4.69, 9.17) is 0 Å². The maximum atomic E-state index is 12.3. The summed E-state index contributed by atoms with van der Waals surface area (Å²) in [6.45, 7) is 3.18. The van der Waals surface area contributed by atoms with E-state index in [-0.39, 0.29) is 0 Å². The number of carbonyl (C=O) groups is 1. The summed E-state index contributed by atoms with van der Waals surface area (Å²) < 4.78 is 0. The molecule has 17 heavy (non-hydrogen) atoms. The Labute approximate surface area is 103 Å². The lowest BCUT2D eigenvalue weighted by atomic mass is 10.0. The third kappa shape index (κ3) is 2.08. The van der Waals surface area contributed by atoms with Crippen molar-refractivity contribution >= 4 is 5.91 Å². The van der Waals surface area contributed by atoms with Crippen molar-refractivity contribution in [1.82, 2.24) is 4.90 Å². The second kappa shape index (κ2) is 4.17. The lowest BCUT2D eigenvalue weighted by Gasteiger charge is -2.33. The lowest BCUT2D eigenvalue weighted by Crippen LogP contribution is -2.44. The molecule has 1 saturated heterocycles. The number of carbonyl (C=O) groups excluding carboxylic acids is 1. The van der Waals surface area contributed by atoms with Crippen LogP contribution in [0, 0.1) is 11.8 Å². The average Bonchev–Trinajstić information content (AvgIpc) is 3.11. The van der Waals surface area contributed by atoms with Crippen LogP contribution in [0.4, 0.5) is 0 Å². The summed E-state index contributed by atoms with van der Waals surface area (Å²) in [6.07, 6.45) is 3.12. The van der Waals surface area contributed by atoms with Crippen molar-refractivity contribution < 1.29 is 4.79 Å². The van der Waals surface area contributed by atoms with Crippen LogP contribution in [0.1, 0.15) is 25.3 Å². The number of hydrogen-bond donors (Lipinski definition) is 0. The standard InChI is InChI=1S/C15H19NO/c1-11-14-10-13(14)7-8-16(11)15(17)9-12-5-3-2-4-6-12/h2-6,11,13-14H,7-10H2,1H3/t11?,13?,14-/m0/s1. The van der Waals surface area contributed by atoms with Gasteiger partial charge in [0.05, 0.1) is 6.42 Å². The monoisotopic (exact) mass is 229 g/mol. The van der Waals surface area contributed by atoms with E-state index in [1.165, 1.54) is 12.8 Å². The van der Waals surface area contributed by atoms with Gasteiger partial charge in [0.15, 0.2) is 0 Å². The zero-order chi connectivity index (χ0) is 11.8. The van der Waals surface area contributed by atoms with Crippen molar-refractivity contribution in [3.8, 4) is 0 Å². The number of likely N-dealkylation sites (tertiary alicyclic amines) is 1. The summed E-state index contributed by atoms with van der Waals surface area (Å²) in [5, 5.41) is 0. The third-order valence-corrected chi connectivity index (χ3v) is 4.35. The van der Waals surface area contributed by atoms with Crippen LogP contribution in [0.25, 0.3) is 0 Å². The molecule has 1 amide bonds. The molecule has 1 aromatic carbocycles. The highest BCUT2D eigenvalue weighted by molar-refractivity contribution is 5.79. The summed E-state index contributed by atoms with van der Waals surface area (Å²) in [6, 6.07) is 10.5. The second-order valence-electron chi connectivity index (χ2n) is 5.44. The number of amides is 1. The number of piperidine rings is 1. The van der Waals surface area contributed by atoms with Gasteiger partial charge in [-0.1, -0.05) is 30.3 Å². The van der Waals surface area contributed by atoms with E-state index in [1.807, 2.05) is 30.3 Å². The van der Waals surface area contributed by atoms with Crippen LogP contribution >= 0.6 is 0 Å². The van der Waals surface area contributed by atoms with Gasteiger partial charge in [0, 0.05) is 12.6 Å². The van der Waals surface area contributed by atoms with E-state index in [1.54, 1.807) is 0 Å². The summed E-state index contributed by atoms with van der Waals surface area (Å²) >= 11 is 0. The molecular formula is C15H19NO. The summed E-state index contributed by atoms with van der Waals surface area (Å²) in [7, 11) is 0. The van der Waals surface area contributed by atoms with Crippen LogP contribution in [-0.4, -0.2) is 23.4 Å². The Hall–Kier alpha value is -1.31. The van der Waals surface area contributed by atoms with Gasteiger partial charge >= 0.3 is 0 Å². The first-order chi connectivity index (χ1) is 8.25. The van der Waals surface area contributed by atoms with Crippen molar-refractivity contribution in [1.29, 1.82) is 0 Å². The van der Waals surface area contributed by atoms with Gasteiger partial charge in [-0.2, -0.15) is 0 Å². The molecule has 0 spiro atoms. The maximum Gasteiger partial charge on any atom is 0.227 e.